The predicted octanol–water partition coefficient (Wildman–Crippen LogP) is 6.92. The van der Waals surface area contributed by atoms with E-state index in [1.54, 1.807) is 0 Å². The molecule has 3 heteroatoms. The molecule has 32 heavy (non-hydrogen) atoms. The molecule has 170 valence electrons. The molecule has 0 radical (unpaired) electrons. The van der Waals surface area contributed by atoms with Gasteiger partial charge in [0.2, 0.25) is 0 Å². The normalized spacial score (nSPS) is 12.2. The molecular weight excluding hydrogens is 394 g/mol. The summed E-state index contributed by atoms with van der Waals surface area (Å²) in [5.41, 5.74) is 5.71. The minimum absolute atomic E-state index is 0.0247. The summed E-state index contributed by atoms with van der Waals surface area (Å²) in [5, 5.41) is 9.78. The summed E-state index contributed by atoms with van der Waals surface area (Å²) in [6.07, 6.45) is 0.948. The van der Waals surface area contributed by atoms with E-state index >= 15 is 0 Å². The van der Waals surface area contributed by atoms with Crippen molar-refractivity contribution in [3.05, 3.63) is 95.1 Å². The Balaban J connectivity index is 1.98. The van der Waals surface area contributed by atoms with E-state index in [2.05, 4.69) is 82.0 Å². The van der Waals surface area contributed by atoms with Crippen LogP contribution in [0.5, 0.6) is 5.75 Å². The molecule has 1 N–H and O–H groups in total. The molecule has 0 heterocycles. The Labute approximate surface area is 193 Å². The summed E-state index contributed by atoms with van der Waals surface area (Å²) >= 11 is 0. The highest BCUT2D eigenvalue weighted by molar-refractivity contribution is 5.53. The van der Waals surface area contributed by atoms with E-state index < -0.39 is 0 Å². The van der Waals surface area contributed by atoms with Crippen LogP contribution in [0.3, 0.4) is 0 Å². The minimum Gasteiger partial charge on any atom is -0.489 e. The first-order valence-corrected chi connectivity index (χ1v) is 11.7. The maximum Gasteiger partial charge on any atom is 0.123 e. The monoisotopic (exact) mass is 431 g/mol. The second-order valence-corrected chi connectivity index (χ2v) is 8.96. The first-order chi connectivity index (χ1) is 15.4. The molecule has 3 aromatic rings. The van der Waals surface area contributed by atoms with Gasteiger partial charge < -0.3 is 14.7 Å². The van der Waals surface area contributed by atoms with Crippen molar-refractivity contribution in [1.29, 1.82) is 0 Å². The quantitative estimate of drug-likeness (QED) is 0.378. The molecule has 3 aromatic carbocycles. The molecule has 0 amide bonds. The fourth-order valence-corrected chi connectivity index (χ4v) is 4.57. The number of benzene rings is 3. The molecule has 0 aliphatic carbocycles. The SMILES string of the molecule is CC[C@@H](c1cccc(N(C(C)C)C(C)C)c1)c1cc(CO)ccc1OCc1ccccc1. The van der Waals surface area contributed by atoms with Crippen LogP contribution in [-0.4, -0.2) is 17.2 Å². The molecule has 0 fully saturated rings. The number of anilines is 1. The highest BCUT2D eigenvalue weighted by Gasteiger charge is 2.20. The van der Waals surface area contributed by atoms with Crippen LogP contribution in [0.15, 0.2) is 72.8 Å². The Hall–Kier alpha value is -2.78. The van der Waals surface area contributed by atoms with Gasteiger partial charge in [0.15, 0.2) is 0 Å². The Bertz CT molecular complexity index is 973. The number of ether oxygens (including phenoxy) is 1. The second-order valence-electron chi connectivity index (χ2n) is 8.96. The third-order valence-corrected chi connectivity index (χ3v) is 5.96. The molecular formula is C29H37NO2. The summed E-state index contributed by atoms with van der Waals surface area (Å²) in [5.74, 6) is 1.07. The van der Waals surface area contributed by atoms with Crippen LogP contribution >= 0.6 is 0 Å². The largest absolute Gasteiger partial charge is 0.489 e. The topological polar surface area (TPSA) is 32.7 Å². The standard InChI is InChI=1S/C29H37NO2/c1-6-27(25-13-10-14-26(18-25)30(21(2)3)22(4)5)28-17-24(19-31)15-16-29(28)32-20-23-11-8-7-9-12-23/h7-18,21-22,27,31H,6,19-20H2,1-5H3/t27-/m0/s1. The lowest BCUT2D eigenvalue weighted by molar-refractivity contribution is 0.280. The van der Waals surface area contributed by atoms with Crippen LogP contribution in [0.4, 0.5) is 5.69 Å². The van der Waals surface area contributed by atoms with Gasteiger partial charge in [0.25, 0.3) is 0 Å². The van der Waals surface area contributed by atoms with Gasteiger partial charge in [-0.05, 0) is 75.1 Å². The zero-order valence-electron chi connectivity index (χ0n) is 20.1. The van der Waals surface area contributed by atoms with E-state index in [0.29, 0.717) is 18.7 Å². The van der Waals surface area contributed by atoms with Crippen LogP contribution in [0.25, 0.3) is 0 Å². The number of rotatable bonds is 10. The molecule has 0 unspecified atom stereocenters. The van der Waals surface area contributed by atoms with Gasteiger partial charge >= 0.3 is 0 Å². The zero-order valence-corrected chi connectivity index (χ0v) is 20.1. The van der Waals surface area contributed by atoms with E-state index in [1.807, 2.05) is 30.3 Å². The van der Waals surface area contributed by atoms with E-state index in [9.17, 15) is 5.11 Å². The Morgan fingerprint density at radius 1 is 0.812 bits per heavy atom. The molecule has 0 saturated carbocycles. The average molecular weight is 432 g/mol. The van der Waals surface area contributed by atoms with Gasteiger partial charge in [-0.1, -0.05) is 55.5 Å². The Morgan fingerprint density at radius 3 is 2.16 bits per heavy atom. The third kappa shape index (κ3) is 5.72. The fourth-order valence-electron chi connectivity index (χ4n) is 4.57. The Morgan fingerprint density at radius 2 is 1.53 bits per heavy atom. The highest BCUT2D eigenvalue weighted by atomic mass is 16.5. The molecule has 3 rings (SSSR count). The van der Waals surface area contributed by atoms with Crippen LogP contribution in [-0.2, 0) is 13.2 Å². The first-order valence-electron chi connectivity index (χ1n) is 11.7. The van der Waals surface area contributed by atoms with Gasteiger partial charge in [-0.25, -0.2) is 0 Å². The summed E-state index contributed by atoms with van der Waals surface area (Å²) in [6, 6.07) is 26.0. The molecule has 0 aromatic heterocycles. The van der Waals surface area contributed by atoms with Gasteiger partial charge in [0, 0.05) is 29.3 Å². The van der Waals surface area contributed by atoms with Crippen molar-refractivity contribution in [3.8, 4) is 5.75 Å². The maximum atomic E-state index is 9.78. The predicted molar refractivity (Wildman–Crippen MR) is 134 cm³/mol. The minimum atomic E-state index is 0.0247. The number of hydrogen-bond acceptors (Lipinski definition) is 3. The molecule has 0 spiro atoms. The summed E-state index contributed by atoms with van der Waals surface area (Å²) < 4.78 is 6.29. The number of aliphatic hydroxyl groups is 1. The highest BCUT2D eigenvalue weighted by Crippen LogP contribution is 2.37. The Kier molecular flexibility index (Phi) is 8.35. The van der Waals surface area contributed by atoms with Crippen LogP contribution < -0.4 is 9.64 Å². The van der Waals surface area contributed by atoms with Crippen molar-refractivity contribution >= 4 is 5.69 Å². The molecule has 0 bridgehead atoms. The van der Waals surface area contributed by atoms with Crippen LogP contribution in [0, 0.1) is 0 Å². The van der Waals surface area contributed by atoms with Gasteiger partial charge in [-0.3, -0.25) is 0 Å². The van der Waals surface area contributed by atoms with Gasteiger partial charge in [-0.15, -0.1) is 0 Å². The smallest absolute Gasteiger partial charge is 0.123 e. The second kappa shape index (κ2) is 11.2. The van der Waals surface area contributed by atoms with E-state index in [1.165, 1.54) is 11.3 Å². The van der Waals surface area contributed by atoms with E-state index in [-0.39, 0.29) is 12.5 Å². The van der Waals surface area contributed by atoms with Crippen molar-refractivity contribution in [2.75, 3.05) is 4.90 Å². The molecule has 3 nitrogen and oxygen atoms in total. The fraction of sp³-hybridized carbons (Fsp3) is 0.379. The number of aliphatic hydroxyl groups excluding tert-OH is 1. The summed E-state index contributed by atoms with van der Waals surface area (Å²) in [4.78, 5) is 2.45. The molecule has 0 saturated heterocycles. The molecule has 0 aliphatic heterocycles. The lowest BCUT2D eigenvalue weighted by atomic mass is 9.87. The van der Waals surface area contributed by atoms with Crippen molar-refractivity contribution in [2.45, 2.75) is 72.3 Å². The summed E-state index contributed by atoms with van der Waals surface area (Å²) in [7, 11) is 0. The van der Waals surface area contributed by atoms with Crippen LogP contribution in [0.2, 0.25) is 0 Å². The van der Waals surface area contributed by atoms with Crippen LogP contribution in [0.1, 0.15) is 69.2 Å². The number of hydrogen-bond donors (Lipinski definition) is 1. The first kappa shape index (κ1) is 23.9. The molecule has 1 atom stereocenters. The third-order valence-electron chi connectivity index (χ3n) is 5.96. The van der Waals surface area contributed by atoms with Crippen molar-refractivity contribution in [3.63, 3.8) is 0 Å². The van der Waals surface area contributed by atoms with E-state index in [0.717, 1.165) is 28.9 Å². The number of nitrogens with zero attached hydrogens (tertiary/aromatic N) is 1. The summed E-state index contributed by atoms with van der Waals surface area (Å²) in [6.45, 7) is 11.7. The van der Waals surface area contributed by atoms with Crippen molar-refractivity contribution in [1.82, 2.24) is 0 Å². The lowest BCUT2D eigenvalue weighted by Crippen LogP contribution is -2.37. The lowest BCUT2D eigenvalue weighted by Gasteiger charge is -2.34. The van der Waals surface area contributed by atoms with Gasteiger partial charge in [0.05, 0.1) is 6.61 Å². The van der Waals surface area contributed by atoms with Crippen molar-refractivity contribution in [2.24, 2.45) is 0 Å². The maximum absolute atomic E-state index is 9.78. The average Bonchev–Trinajstić information content (AvgIpc) is 2.79. The van der Waals surface area contributed by atoms with E-state index in [4.69, 9.17) is 4.74 Å². The van der Waals surface area contributed by atoms with Crippen molar-refractivity contribution < 1.29 is 9.84 Å². The zero-order chi connectivity index (χ0) is 23.1. The van der Waals surface area contributed by atoms with Gasteiger partial charge in [-0.2, -0.15) is 0 Å². The van der Waals surface area contributed by atoms with Gasteiger partial charge in [0.1, 0.15) is 12.4 Å². The molecule has 0 aliphatic rings.